The van der Waals surface area contributed by atoms with Crippen molar-refractivity contribution in [2.75, 3.05) is 0 Å². The van der Waals surface area contributed by atoms with Crippen LogP contribution >= 0.6 is 0 Å². The quantitative estimate of drug-likeness (QED) is 0.273. The van der Waals surface area contributed by atoms with E-state index >= 15 is 0 Å². The molecule has 74 valence electrons. The number of hydrogen-bond acceptors (Lipinski definition) is 1. The molecule has 0 atom stereocenters. The van der Waals surface area contributed by atoms with Crippen LogP contribution in [0.2, 0.25) is 19.6 Å². The fourth-order valence-electron chi connectivity index (χ4n) is 0.810. The second-order valence-corrected chi connectivity index (χ2v) is 8.51. The Morgan fingerprint density at radius 3 is 2.54 bits per heavy atom. The van der Waals surface area contributed by atoms with Crippen LogP contribution in [0.1, 0.15) is 25.7 Å². The molecule has 1 nitrogen and oxygen atoms in total. The molecule has 13 heavy (non-hydrogen) atoms. The van der Waals surface area contributed by atoms with Crippen molar-refractivity contribution in [1.82, 2.24) is 0 Å². The summed E-state index contributed by atoms with van der Waals surface area (Å²) in [6.07, 6.45) is 13.3. The molecule has 0 bridgehead atoms. The predicted molar refractivity (Wildman–Crippen MR) is 60.9 cm³/mol. The third kappa shape index (κ3) is 11.3. The average Bonchev–Trinajstić information content (AvgIpc) is 2.01. The van der Waals surface area contributed by atoms with Gasteiger partial charge in [0.05, 0.1) is 6.26 Å². The van der Waals surface area contributed by atoms with Gasteiger partial charge in [0.2, 0.25) is 8.32 Å². The van der Waals surface area contributed by atoms with Crippen molar-refractivity contribution in [3.63, 3.8) is 0 Å². The summed E-state index contributed by atoms with van der Waals surface area (Å²) in [5.74, 6) is 2.63. The van der Waals surface area contributed by atoms with Crippen molar-refractivity contribution < 1.29 is 4.43 Å². The van der Waals surface area contributed by atoms with E-state index in [-0.39, 0.29) is 0 Å². The van der Waals surface area contributed by atoms with Gasteiger partial charge < -0.3 is 4.43 Å². The summed E-state index contributed by atoms with van der Waals surface area (Å²) >= 11 is 0. The first-order chi connectivity index (χ1) is 6.06. The van der Waals surface area contributed by atoms with Crippen LogP contribution in [0.15, 0.2) is 12.3 Å². The zero-order chi connectivity index (χ0) is 10.2. The summed E-state index contributed by atoms with van der Waals surface area (Å²) in [6.45, 7) is 6.53. The van der Waals surface area contributed by atoms with E-state index in [2.05, 4.69) is 31.6 Å². The summed E-state index contributed by atoms with van der Waals surface area (Å²) in [5.41, 5.74) is 0. The molecule has 0 aromatic carbocycles. The number of unbranched alkanes of at least 4 members (excludes halogenated alkanes) is 3. The second-order valence-electron chi connectivity index (χ2n) is 4.05. The van der Waals surface area contributed by atoms with Gasteiger partial charge in [-0.2, -0.15) is 0 Å². The van der Waals surface area contributed by atoms with Gasteiger partial charge in [0.25, 0.3) is 0 Å². The molecule has 0 aromatic heterocycles. The van der Waals surface area contributed by atoms with Gasteiger partial charge in [0.15, 0.2) is 0 Å². The van der Waals surface area contributed by atoms with Crippen LogP contribution in [0.25, 0.3) is 0 Å². The van der Waals surface area contributed by atoms with E-state index < -0.39 is 8.32 Å². The topological polar surface area (TPSA) is 9.23 Å². The molecule has 0 aliphatic heterocycles. The Balaban J connectivity index is 3.28. The lowest BCUT2D eigenvalue weighted by atomic mass is 10.2. The summed E-state index contributed by atoms with van der Waals surface area (Å²) in [5, 5.41) is 0. The zero-order valence-electron chi connectivity index (χ0n) is 8.97. The normalized spacial score (nSPS) is 11.5. The number of rotatable bonds is 6. The Hall–Kier alpha value is -0.683. The molecule has 0 N–H and O–H groups in total. The molecule has 0 aromatic rings. The minimum Gasteiger partial charge on any atom is -0.550 e. The summed E-state index contributed by atoms with van der Waals surface area (Å²) in [6, 6.07) is 0. The van der Waals surface area contributed by atoms with Crippen LogP contribution in [0.3, 0.4) is 0 Å². The Morgan fingerprint density at radius 2 is 2.00 bits per heavy atom. The number of terminal acetylenes is 1. The smallest absolute Gasteiger partial charge is 0.241 e. The number of allylic oxidation sites excluding steroid dienone is 1. The lowest BCUT2D eigenvalue weighted by Gasteiger charge is -2.14. The van der Waals surface area contributed by atoms with Gasteiger partial charge in [-0.1, -0.05) is 6.08 Å². The van der Waals surface area contributed by atoms with Gasteiger partial charge in [-0.15, -0.1) is 12.3 Å². The monoisotopic (exact) mass is 196 g/mol. The van der Waals surface area contributed by atoms with Crippen LogP contribution in [-0.2, 0) is 4.43 Å². The van der Waals surface area contributed by atoms with E-state index in [1.54, 1.807) is 0 Å². The number of hydrogen-bond donors (Lipinski definition) is 0. The Kier molecular flexibility index (Phi) is 6.44. The highest BCUT2D eigenvalue weighted by Gasteiger charge is 2.12. The lowest BCUT2D eigenvalue weighted by molar-refractivity contribution is 0.476. The van der Waals surface area contributed by atoms with Crippen LogP contribution in [0, 0.1) is 12.3 Å². The summed E-state index contributed by atoms with van der Waals surface area (Å²) < 4.78 is 5.55. The standard InChI is InChI=1S/C11H20OSi/c1-5-6-7-8-9-10-11-12-13(2,3)4/h1,10-11H,6-9H2,2-4H3. The SMILES string of the molecule is C#CCCCCC=CO[Si](C)(C)C. The molecular weight excluding hydrogens is 176 g/mol. The lowest BCUT2D eigenvalue weighted by Crippen LogP contribution is -2.21. The average molecular weight is 196 g/mol. The molecule has 0 saturated carbocycles. The van der Waals surface area contributed by atoms with Crippen LogP contribution in [-0.4, -0.2) is 8.32 Å². The molecule has 0 unspecified atom stereocenters. The van der Waals surface area contributed by atoms with Gasteiger partial charge in [-0.05, 0) is 38.9 Å². The first-order valence-corrected chi connectivity index (χ1v) is 8.23. The van der Waals surface area contributed by atoms with Crippen LogP contribution in [0.4, 0.5) is 0 Å². The predicted octanol–water partition coefficient (Wildman–Crippen LogP) is 3.55. The maximum Gasteiger partial charge on any atom is 0.241 e. The van der Waals surface area contributed by atoms with E-state index in [0.29, 0.717) is 0 Å². The first kappa shape index (κ1) is 12.3. The van der Waals surface area contributed by atoms with Gasteiger partial charge >= 0.3 is 0 Å². The Bertz CT molecular complexity index is 183. The maximum atomic E-state index is 5.55. The van der Waals surface area contributed by atoms with Crippen molar-refractivity contribution in [3.8, 4) is 12.3 Å². The minimum atomic E-state index is -1.35. The molecule has 0 radical (unpaired) electrons. The van der Waals surface area contributed by atoms with Gasteiger partial charge in [-0.25, -0.2) is 0 Å². The zero-order valence-corrected chi connectivity index (χ0v) is 9.97. The van der Waals surface area contributed by atoms with Crippen molar-refractivity contribution >= 4 is 8.32 Å². The molecule has 0 rings (SSSR count). The fourth-order valence-corrected chi connectivity index (χ4v) is 1.31. The highest BCUT2D eigenvalue weighted by atomic mass is 28.4. The summed E-state index contributed by atoms with van der Waals surface area (Å²) in [4.78, 5) is 0. The van der Waals surface area contributed by atoms with Crippen molar-refractivity contribution in [1.29, 1.82) is 0 Å². The molecular formula is C11H20OSi. The van der Waals surface area contributed by atoms with E-state index in [1.165, 1.54) is 0 Å². The molecule has 0 heterocycles. The van der Waals surface area contributed by atoms with Crippen LogP contribution < -0.4 is 0 Å². The van der Waals surface area contributed by atoms with Crippen molar-refractivity contribution in [2.24, 2.45) is 0 Å². The highest BCUT2D eigenvalue weighted by molar-refractivity contribution is 6.69. The molecule has 0 spiro atoms. The minimum absolute atomic E-state index is 0.892. The van der Waals surface area contributed by atoms with Gasteiger partial charge in [0, 0.05) is 6.42 Å². The van der Waals surface area contributed by atoms with E-state index in [4.69, 9.17) is 10.8 Å². The third-order valence-corrected chi connectivity index (χ3v) is 2.30. The first-order valence-electron chi connectivity index (χ1n) is 4.82. The third-order valence-electron chi connectivity index (χ3n) is 1.46. The van der Waals surface area contributed by atoms with E-state index in [1.807, 2.05) is 6.26 Å². The molecule has 0 saturated heterocycles. The second kappa shape index (κ2) is 6.79. The molecule has 0 aliphatic rings. The maximum absolute atomic E-state index is 5.55. The van der Waals surface area contributed by atoms with Crippen LogP contribution in [0.5, 0.6) is 0 Å². The molecule has 2 heteroatoms. The molecule has 0 fully saturated rings. The summed E-state index contributed by atoms with van der Waals surface area (Å²) in [7, 11) is -1.35. The highest BCUT2D eigenvalue weighted by Crippen LogP contribution is 2.04. The van der Waals surface area contributed by atoms with Gasteiger partial charge in [-0.3, -0.25) is 0 Å². The molecule has 0 amide bonds. The Labute approximate surface area is 83.3 Å². The Morgan fingerprint density at radius 1 is 1.31 bits per heavy atom. The van der Waals surface area contributed by atoms with E-state index in [9.17, 15) is 0 Å². The molecule has 0 aliphatic carbocycles. The van der Waals surface area contributed by atoms with Crippen molar-refractivity contribution in [3.05, 3.63) is 12.3 Å². The fraction of sp³-hybridized carbons (Fsp3) is 0.636. The van der Waals surface area contributed by atoms with Gasteiger partial charge in [0.1, 0.15) is 0 Å². The van der Waals surface area contributed by atoms with Crippen molar-refractivity contribution in [2.45, 2.75) is 45.3 Å². The van der Waals surface area contributed by atoms with E-state index in [0.717, 1.165) is 25.7 Å². The largest absolute Gasteiger partial charge is 0.550 e.